The summed E-state index contributed by atoms with van der Waals surface area (Å²) in [6.45, 7) is 11.9. The summed E-state index contributed by atoms with van der Waals surface area (Å²) in [5.41, 5.74) is 3.63. The van der Waals surface area contributed by atoms with Crippen molar-refractivity contribution in [2.75, 3.05) is 19.6 Å². The van der Waals surface area contributed by atoms with Gasteiger partial charge >= 0.3 is 0 Å². The van der Waals surface area contributed by atoms with E-state index in [9.17, 15) is 9.59 Å². The van der Waals surface area contributed by atoms with Crippen LogP contribution < -0.4 is 0 Å². The first kappa shape index (κ1) is 24.3. The monoisotopic (exact) mass is 478 g/mol. The lowest BCUT2D eigenvalue weighted by molar-refractivity contribution is -0.134. The van der Waals surface area contributed by atoms with E-state index in [-0.39, 0.29) is 41.5 Å². The Morgan fingerprint density at radius 3 is 2.50 bits per heavy atom. The van der Waals surface area contributed by atoms with Crippen molar-refractivity contribution in [1.29, 1.82) is 0 Å². The molecule has 180 valence electrons. The van der Waals surface area contributed by atoms with E-state index in [1.165, 1.54) is 22.3 Å². The van der Waals surface area contributed by atoms with Crippen molar-refractivity contribution in [3.8, 4) is 0 Å². The number of nitrogens with zero attached hydrogens (tertiary/aromatic N) is 2. The van der Waals surface area contributed by atoms with Crippen LogP contribution in [0.25, 0.3) is 0 Å². The molecule has 34 heavy (non-hydrogen) atoms. The molecule has 1 aromatic carbocycles. The van der Waals surface area contributed by atoms with E-state index in [1.807, 2.05) is 18.7 Å². The third kappa shape index (κ3) is 5.12. The second-order valence-electron chi connectivity index (χ2n) is 10.5. The second kappa shape index (κ2) is 9.79. The molecule has 0 aliphatic carbocycles. The molecule has 3 aromatic rings. The van der Waals surface area contributed by atoms with Gasteiger partial charge in [-0.3, -0.25) is 9.59 Å². The quantitative estimate of drug-likeness (QED) is 0.442. The molecule has 0 N–H and O–H groups in total. The first-order valence-electron chi connectivity index (χ1n) is 11.9. The Labute approximate surface area is 206 Å². The third-order valence-electron chi connectivity index (χ3n) is 6.31. The molecule has 0 radical (unpaired) electrons. The molecule has 2 amide bonds. The van der Waals surface area contributed by atoms with Gasteiger partial charge in [-0.2, -0.15) is 0 Å². The van der Waals surface area contributed by atoms with Crippen LogP contribution in [-0.2, 0) is 16.6 Å². The van der Waals surface area contributed by atoms with Gasteiger partial charge in [-0.25, -0.2) is 0 Å². The van der Waals surface area contributed by atoms with Gasteiger partial charge in [-0.05, 0) is 58.0 Å². The summed E-state index contributed by atoms with van der Waals surface area (Å²) in [7, 11) is 0. The van der Waals surface area contributed by atoms with Crippen molar-refractivity contribution in [1.82, 2.24) is 9.80 Å². The zero-order valence-electron chi connectivity index (χ0n) is 20.7. The number of benzene rings is 1. The second-order valence-corrected chi connectivity index (χ2v) is 11.5. The summed E-state index contributed by atoms with van der Waals surface area (Å²) in [5, 5.41) is 2.11. The average molecular weight is 479 g/mol. The minimum absolute atomic E-state index is 0.0355. The third-order valence-corrected chi connectivity index (χ3v) is 7.31. The fourth-order valence-corrected chi connectivity index (χ4v) is 5.48. The number of amides is 2. The van der Waals surface area contributed by atoms with Crippen LogP contribution in [0, 0.1) is 5.92 Å². The van der Waals surface area contributed by atoms with Gasteiger partial charge in [0, 0.05) is 18.0 Å². The molecule has 0 saturated carbocycles. The van der Waals surface area contributed by atoms with Gasteiger partial charge in [0.25, 0.3) is 5.91 Å². The topological polar surface area (TPSA) is 53.8 Å². The number of hydrogen-bond acceptors (Lipinski definition) is 4. The lowest BCUT2D eigenvalue weighted by Gasteiger charge is -2.38. The van der Waals surface area contributed by atoms with Crippen molar-refractivity contribution in [2.24, 2.45) is 5.92 Å². The number of hydrogen-bond donors (Lipinski definition) is 0. The minimum Gasteiger partial charge on any atom is -0.459 e. The maximum Gasteiger partial charge on any atom is 0.290 e. The highest BCUT2D eigenvalue weighted by Crippen LogP contribution is 2.38. The molecule has 1 atom stereocenters. The van der Waals surface area contributed by atoms with E-state index in [0.717, 1.165) is 12.0 Å². The zero-order chi connectivity index (χ0) is 24.5. The highest BCUT2D eigenvalue weighted by molar-refractivity contribution is 7.10. The van der Waals surface area contributed by atoms with Crippen LogP contribution in [0.3, 0.4) is 0 Å². The summed E-state index contributed by atoms with van der Waals surface area (Å²) in [6.07, 6.45) is 2.33. The molecular formula is C28H34N2O3S. The van der Waals surface area contributed by atoms with Crippen molar-refractivity contribution in [3.05, 3.63) is 81.4 Å². The number of carbonyl (C=O) groups is 2. The van der Waals surface area contributed by atoms with Gasteiger partial charge < -0.3 is 14.2 Å². The highest BCUT2D eigenvalue weighted by Gasteiger charge is 2.34. The number of rotatable bonds is 6. The number of fused-ring (bicyclic) bond motifs is 1. The predicted octanol–water partition coefficient (Wildman–Crippen LogP) is 5.91. The maximum absolute atomic E-state index is 13.7. The first-order valence-corrected chi connectivity index (χ1v) is 12.8. The SMILES string of the molecule is CC(C)CN(CC(=O)N1CCc2sccc2C1c1ccc(C(C)(C)C)cc1)C(=O)c1ccco1. The van der Waals surface area contributed by atoms with E-state index in [2.05, 4.69) is 56.5 Å². The fourth-order valence-electron chi connectivity index (χ4n) is 4.58. The molecule has 0 fully saturated rings. The Morgan fingerprint density at radius 2 is 1.88 bits per heavy atom. The molecule has 0 bridgehead atoms. The molecule has 6 heteroatoms. The summed E-state index contributed by atoms with van der Waals surface area (Å²) in [5.74, 6) is 0.215. The highest BCUT2D eigenvalue weighted by atomic mass is 32.1. The molecule has 1 aliphatic rings. The van der Waals surface area contributed by atoms with Gasteiger partial charge in [0.2, 0.25) is 5.91 Å². The molecule has 2 aromatic heterocycles. The maximum atomic E-state index is 13.7. The number of thiophene rings is 1. The van der Waals surface area contributed by atoms with E-state index in [4.69, 9.17) is 4.42 Å². The smallest absolute Gasteiger partial charge is 0.290 e. The average Bonchev–Trinajstić information content (AvgIpc) is 3.48. The van der Waals surface area contributed by atoms with Gasteiger partial charge in [-0.1, -0.05) is 58.9 Å². The Balaban J connectivity index is 1.63. The van der Waals surface area contributed by atoms with Crippen molar-refractivity contribution < 1.29 is 14.0 Å². The van der Waals surface area contributed by atoms with Crippen LogP contribution in [0.15, 0.2) is 58.5 Å². The van der Waals surface area contributed by atoms with Crippen LogP contribution in [0.5, 0.6) is 0 Å². The Kier molecular flexibility index (Phi) is 6.99. The lowest BCUT2D eigenvalue weighted by atomic mass is 9.85. The largest absolute Gasteiger partial charge is 0.459 e. The molecule has 3 heterocycles. The summed E-state index contributed by atoms with van der Waals surface area (Å²) < 4.78 is 5.34. The summed E-state index contributed by atoms with van der Waals surface area (Å²) in [4.78, 5) is 31.7. The normalized spacial score (nSPS) is 15.9. The molecule has 4 rings (SSSR count). The molecule has 5 nitrogen and oxygen atoms in total. The van der Waals surface area contributed by atoms with E-state index in [1.54, 1.807) is 28.4 Å². The standard InChI is InChI=1S/C28H34N2O3S/c1-19(2)17-29(27(32)23-7-6-15-33-23)18-25(31)30-14-12-24-22(13-16-34-24)26(30)20-8-10-21(11-9-20)28(3,4)5/h6-11,13,15-16,19,26H,12,14,17-18H2,1-5H3. The Bertz CT molecular complexity index is 1120. The van der Waals surface area contributed by atoms with Crippen LogP contribution in [0.4, 0.5) is 0 Å². The van der Waals surface area contributed by atoms with Crippen molar-refractivity contribution in [3.63, 3.8) is 0 Å². The summed E-state index contributed by atoms with van der Waals surface area (Å²) >= 11 is 1.76. The number of carbonyl (C=O) groups excluding carboxylic acids is 2. The fraction of sp³-hybridized carbons (Fsp3) is 0.429. The van der Waals surface area contributed by atoms with Gasteiger partial charge in [0.05, 0.1) is 12.3 Å². The molecule has 0 spiro atoms. The predicted molar refractivity (Wildman–Crippen MR) is 136 cm³/mol. The molecule has 1 unspecified atom stereocenters. The van der Waals surface area contributed by atoms with Gasteiger partial charge in [0.15, 0.2) is 5.76 Å². The van der Waals surface area contributed by atoms with Gasteiger partial charge in [-0.15, -0.1) is 11.3 Å². The van der Waals surface area contributed by atoms with Gasteiger partial charge in [0.1, 0.15) is 6.54 Å². The molecule has 0 saturated heterocycles. The minimum atomic E-state index is -0.244. The van der Waals surface area contributed by atoms with Crippen LogP contribution in [0.2, 0.25) is 0 Å². The molecular weight excluding hydrogens is 444 g/mol. The Hall–Kier alpha value is -2.86. The van der Waals surface area contributed by atoms with Crippen molar-refractivity contribution in [2.45, 2.75) is 52.5 Å². The molecule has 1 aliphatic heterocycles. The summed E-state index contributed by atoms with van der Waals surface area (Å²) in [6, 6.07) is 14.0. The first-order chi connectivity index (χ1) is 16.1. The van der Waals surface area contributed by atoms with Crippen molar-refractivity contribution >= 4 is 23.2 Å². The van der Waals surface area contributed by atoms with Crippen LogP contribution in [-0.4, -0.2) is 41.2 Å². The van der Waals surface area contributed by atoms with Crippen LogP contribution >= 0.6 is 11.3 Å². The van der Waals surface area contributed by atoms with E-state index < -0.39 is 0 Å². The number of furan rings is 1. The van der Waals surface area contributed by atoms with E-state index >= 15 is 0 Å². The van der Waals surface area contributed by atoms with E-state index in [0.29, 0.717) is 13.1 Å². The lowest BCUT2D eigenvalue weighted by Crippen LogP contribution is -2.47. The van der Waals surface area contributed by atoms with Crippen LogP contribution in [0.1, 0.15) is 72.8 Å². The Morgan fingerprint density at radius 1 is 1.15 bits per heavy atom. The zero-order valence-corrected chi connectivity index (χ0v) is 21.5.